The molecule has 31 heavy (non-hydrogen) atoms. The topological polar surface area (TPSA) is 117 Å². The summed E-state index contributed by atoms with van der Waals surface area (Å²) in [4.78, 5) is 42.7. The molecule has 1 aromatic carbocycles. The van der Waals surface area contributed by atoms with Crippen LogP contribution in [0.15, 0.2) is 50.7 Å². The van der Waals surface area contributed by atoms with Crippen LogP contribution in [0.2, 0.25) is 0 Å². The van der Waals surface area contributed by atoms with Gasteiger partial charge in [-0.1, -0.05) is 18.2 Å². The predicted molar refractivity (Wildman–Crippen MR) is 115 cm³/mol. The van der Waals surface area contributed by atoms with Crippen molar-refractivity contribution in [2.24, 2.45) is 0 Å². The van der Waals surface area contributed by atoms with E-state index >= 15 is 0 Å². The van der Waals surface area contributed by atoms with Crippen LogP contribution in [0.4, 0.5) is 0 Å². The first-order valence-corrected chi connectivity index (χ1v) is 10.2. The van der Waals surface area contributed by atoms with Crippen LogP contribution in [0.1, 0.15) is 11.1 Å². The van der Waals surface area contributed by atoms with Crippen LogP contribution in [-0.4, -0.2) is 32.3 Å². The lowest BCUT2D eigenvalue weighted by atomic mass is 10.1. The van der Waals surface area contributed by atoms with Gasteiger partial charge < -0.3 is 14.3 Å². The lowest BCUT2D eigenvalue weighted by Gasteiger charge is -2.12. The van der Waals surface area contributed by atoms with E-state index in [0.717, 1.165) is 10.1 Å². The van der Waals surface area contributed by atoms with E-state index < -0.39 is 23.8 Å². The molecule has 0 fully saturated rings. The Bertz CT molecular complexity index is 1380. The van der Waals surface area contributed by atoms with Crippen LogP contribution in [0.5, 0.6) is 5.75 Å². The van der Waals surface area contributed by atoms with Crippen molar-refractivity contribution < 1.29 is 19.1 Å². The molecular weight excluding hydrogens is 422 g/mol. The van der Waals surface area contributed by atoms with Crippen molar-refractivity contribution in [1.29, 1.82) is 0 Å². The van der Waals surface area contributed by atoms with Gasteiger partial charge in [-0.15, -0.1) is 11.3 Å². The second-order valence-corrected chi connectivity index (χ2v) is 7.85. The van der Waals surface area contributed by atoms with Gasteiger partial charge in [-0.05, 0) is 30.5 Å². The summed E-state index contributed by atoms with van der Waals surface area (Å²) in [5, 5.41) is 9.52. The molecule has 9 nitrogen and oxygen atoms in total. The summed E-state index contributed by atoms with van der Waals surface area (Å²) < 4.78 is 13.0. The molecule has 0 radical (unpaired) electrons. The van der Waals surface area contributed by atoms with Gasteiger partial charge >= 0.3 is 11.7 Å². The maximum Gasteiger partial charge on any atom is 0.332 e. The Morgan fingerprint density at radius 3 is 2.71 bits per heavy atom. The number of carboxylic acid groups (broad SMARTS) is 1. The molecule has 0 saturated heterocycles. The number of methoxy groups -OCH3 is 1. The fraction of sp³-hybridized carbons (Fsp3) is 0.238. The lowest BCUT2D eigenvalue weighted by Crippen LogP contribution is -2.41. The van der Waals surface area contributed by atoms with Crippen molar-refractivity contribution in [3.8, 4) is 16.5 Å². The standard InChI is InChI=1S/C21H19N3O6S/c1-12-16-19(27)24(11-15(25)26)21(28)23(9-7-13-5-3-4-6-14(13)29-2)20(16)31-17(12)18-22-8-10-30-18/h3-6,8,10H,7,9,11H2,1-2H3,(H,25,26). The molecule has 10 heteroatoms. The minimum Gasteiger partial charge on any atom is -0.496 e. The third kappa shape index (κ3) is 3.66. The van der Waals surface area contributed by atoms with Gasteiger partial charge in [0.1, 0.15) is 23.4 Å². The number of thiophene rings is 1. The smallest absolute Gasteiger partial charge is 0.332 e. The molecule has 0 saturated carbocycles. The largest absolute Gasteiger partial charge is 0.496 e. The zero-order valence-electron chi connectivity index (χ0n) is 16.8. The summed E-state index contributed by atoms with van der Waals surface area (Å²) in [6.45, 7) is 1.26. The number of rotatable bonds is 7. The second-order valence-electron chi connectivity index (χ2n) is 6.85. The number of para-hydroxylation sites is 1. The van der Waals surface area contributed by atoms with Gasteiger partial charge in [0.2, 0.25) is 5.89 Å². The van der Waals surface area contributed by atoms with Gasteiger partial charge in [-0.2, -0.15) is 0 Å². The number of carbonyl (C=O) groups is 1. The number of hydrogen-bond acceptors (Lipinski definition) is 7. The normalized spacial score (nSPS) is 11.2. The van der Waals surface area contributed by atoms with Gasteiger partial charge in [0.15, 0.2) is 0 Å². The number of aromatic nitrogens is 3. The number of ether oxygens (including phenoxy) is 1. The first kappa shape index (κ1) is 20.6. The average Bonchev–Trinajstić information content (AvgIpc) is 3.39. The zero-order chi connectivity index (χ0) is 22.1. The molecule has 0 unspecified atom stereocenters. The molecule has 0 bridgehead atoms. The third-order valence-electron chi connectivity index (χ3n) is 5.01. The minimum atomic E-state index is -1.27. The lowest BCUT2D eigenvalue weighted by molar-refractivity contribution is -0.137. The Morgan fingerprint density at radius 1 is 1.26 bits per heavy atom. The summed E-state index contributed by atoms with van der Waals surface area (Å²) in [6, 6.07) is 7.45. The van der Waals surface area contributed by atoms with Gasteiger partial charge in [0.05, 0.1) is 23.6 Å². The molecular formula is C21H19N3O6S. The molecule has 0 amide bonds. The highest BCUT2D eigenvalue weighted by Crippen LogP contribution is 2.35. The second kappa shape index (κ2) is 8.23. The van der Waals surface area contributed by atoms with Gasteiger partial charge in [-0.3, -0.25) is 14.2 Å². The van der Waals surface area contributed by atoms with Crippen molar-refractivity contribution in [3.05, 3.63) is 68.7 Å². The van der Waals surface area contributed by atoms with Crippen molar-refractivity contribution in [3.63, 3.8) is 0 Å². The summed E-state index contributed by atoms with van der Waals surface area (Å²) in [6.07, 6.45) is 3.38. The highest BCUT2D eigenvalue weighted by atomic mass is 32.1. The minimum absolute atomic E-state index is 0.237. The molecule has 4 rings (SSSR count). The molecule has 4 aromatic rings. The quantitative estimate of drug-likeness (QED) is 0.468. The van der Waals surface area contributed by atoms with E-state index in [-0.39, 0.29) is 6.54 Å². The van der Waals surface area contributed by atoms with Crippen molar-refractivity contribution in [1.82, 2.24) is 14.1 Å². The molecule has 160 valence electrons. The first-order valence-electron chi connectivity index (χ1n) is 9.42. The number of oxazole rings is 1. The van der Waals surface area contributed by atoms with Gasteiger partial charge in [-0.25, -0.2) is 14.3 Å². The maximum absolute atomic E-state index is 13.1. The number of aryl methyl sites for hydroxylation is 3. The Labute approximate surface area is 179 Å². The van der Waals surface area contributed by atoms with Gasteiger partial charge in [0.25, 0.3) is 5.56 Å². The number of benzene rings is 1. The predicted octanol–water partition coefficient (Wildman–Crippen LogP) is 2.52. The fourth-order valence-corrected chi connectivity index (χ4v) is 4.81. The highest BCUT2D eigenvalue weighted by Gasteiger charge is 2.23. The zero-order valence-corrected chi connectivity index (χ0v) is 17.6. The van der Waals surface area contributed by atoms with Gasteiger partial charge in [0, 0.05) is 6.54 Å². The number of fused-ring (bicyclic) bond motifs is 1. The van der Waals surface area contributed by atoms with Crippen LogP contribution in [0, 0.1) is 6.92 Å². The Balaban J connectivity index is 1.92. The third-order valence-corrected chi connectivity index (χ3v) is 6.31. The first-order chi connectivity index (χ1) is 14.9. The number of nitrogens with zero attached hydrogens (tertiary/aromatic N) is 3. The summed E-state index contributed by atoms with van der Waals surface area (Å²) in [5.74, 6) is -0.240. The molecule has 0 aliphatic heterocycles. The molecule has 0 aliphatic rings. The highest BCUT2D eigenvalue weighted by molar-refractivity contribution is 7.22. The van der Waals surface area contributed by atoms with E-state index in [1.54, 1.807) is 14.0 Å². The van der Waals surface area contributed by atoms with Crippen molar-refractivity contribution in [2.45, 2.75) is 26.4 Å². The summed E-state index contributed by atoms with van der Waals surface area (Å²) in [7, 11) is 1.57. The number of hydrogen-bond donors (Lipinski definition) is 1. The number of carboxylic acids is 1. The van der Waals surface area contributed by atoms with E-state index in [2.05, 4.69) is 4.98 Å². The Hall–Kier alpha value is -3.66. The molecule has 3 aromatic heterocycles. The summed E-state index contributed by atoms with van der Waals surface area (Å²) in [5.41, 5.74) is 0.178. The van der Waals surface area contributed by atoms with Crippen molar-refractivity contribution >= 4 is 27.5 Å². The monoisotopic (exact) mass is 441 g/mol. The van der Waals surface area contributed by atoms with E-state index in [1.165, 1.54) is 28.4 Å². The van der Waals surface area contributed by atoms with Crippen molar-refractivity contribution in [2.75, 3.05) is 7.11 Å². The number of aliphatic carboxylic acids is 1. The van der Waals surface area contributed by atoms with E-state index in [0.29, 0.717) is 38.7 Å². The van der Waals surface area contributed by atoms with Crippen LogP contribution >= 0.6 is 11.3 Å². The van der Waals surface area contributed by atoms with Crippen LogP contribution < -0.4 is 16.0 Å². The summed E-state index contributed by atoms with van der Waals surface area (Å²) >= 11 is 1.22. The fourth-order valence-electron chi connectivity index (χ4n) is 3.55. The van der Waals surface area contributed by atoms with Crippen LogP contribution in [-0.2, 0) is 24.3 Å². The molecule has 0 atom stereocenters. The molecule has 0 aliphatic carbocycles. The van der Waals surface area contributed by atoms with Crippen LogP contribution in [0.3, 0.4) is 0 Å². The Kier molecular flexibility index (Phi) is 5.47. The van der Waals surface area contributed by atoms with E-state index in [4.69, 9.17) is 9.15 Å². The van der Waals surface area contributed by atoms with E-state index in [9.17, 15) is 19.5 Å². The molecule has 1 N–H and O–H groups in total. The SMILES string of the molecule is COc1ccccc1CCn1c(=O)n(CC(=O)O)c(=O)c2c(C)c(-c3ncco3)sc21. The van der Waals surface area contributed by atoms with E-state index in [1.807, 2.05) is 24.3 Å². The maximum atomic E-state index is 13.1. The molecule has 3 heterocycles. The molecule has 0 spiro atoms. The average molecular weight is 441 g/mol. The van der Waals surface area contributed by atoms with Crippen LogP contribution in [0.25, 0.3) is 21.0 Å². The Morgan fingerprint density at radius 2 is 2.03 bits per heavy atom.